The summed E-state index contributed by atoms with van der Waals surface area (Å²) in [6.07, 6.45) is 7.28. The minimum atomic E-state index is -0.466. The summed E-state index contributed by atoms with van der Waals surface area (Å²) in [5, 5.41) is 7.26. The largest absolute Gasteiger partial charge is 0.465 e. The van der Waals surface area contributed by atoms with Crippen LogP contribution in [0, 0.1) is 5.92 Å². The summed E-state index contributed by atoms with van der Waals surface area (Å²) >= 11 is 1.10. The van der Waals surface area contributed by atoms with Gasteiger partial charge in [0.1, 0.15) is 29.7 Å². The number of nitrogens with zero attached hydrogens (tertiary/aromatic N) is 7. The number of carbonyl (C=O) groups excluding carboxylic acids is 2. The van der Waals surface area contributed by atoms with Crippen LogP contribution in [0.5, 0.6) is 0 Å². The van der Waals surface area contributed by atoms with Gasteiger partial charge in [-0.2, -0.15) is 5.10 Å². The van der Waals surface area contributed by atoms with Crippen molar-refractivity contribution in [3.05, 3.63) is 36.1 Å². The molecule has 12 heteroatoms. The Morgan fingerprint density at radius 1 is 1.17 bits per heavy atom. The minimum absolute atomic E-state index is 0.0959. The van der Waals surface area contributed by atoms with Crippen LogP contribution in [0.1, 0.15) is 22.5 Å². The Morgan fingerprint density at radius 3 is 2.69 bits per heavy atom. The Hall–Kier alpha value is -3.41. The number of rotatable bonds is 5. The summed E-state index contributed by atoms with van der Waals surface area (Å²) in [5.41, 5.74) is 0. The van der Waals surface area contributed by atoms with Crippen molar-refractivity contribution in [2.75, 3.05) is 30.4 Å². The number of piperidine rings is 1. The third-order valence-electron chi connectivity index (χ3n) is 4.60. The molecule has 0 bridgehead atoms. The van der Waals surface area contributed by atoms with Gasteiger partial charge >= 0.3 is 5.97 Å². The van der Waals surface area contributed by atoms with Crippen molar-refractivity contribution in [2.24, 2.45) is 5.92 Å². The van der Waals surface area contributed by atoms with Gasteiger partial charge in [0.05, 0.1) is 13.3 Å². The molecule has 150 valence electrons. The molecule has 0 aliphatic carbocycles. The molecule has 1 fully saturated rings. The molecule has 0 radical (unpaired) electrons. The van der Waals surface area contributed by atoms with E-state index in [1.165, 1.54) is 26.0 Å². The molecule has 3 aromatic heterocycles. The lowest BCUT2D eigenvalue weighted by Gasteiger charge is -2.32. The third-order valence-corrected chi connectivity index (χ3v) is 5.50. The van der Waals surface area contributed by atoms with Crippen LogP contribution >= 0.6 is 11.3 Å². The number of methoxy groups -OCH3 is 1. The lowest BCUT2D eigenvalue weighted by molar-refractivity contribution is -0.120. The monoisotopic (exact) mass is 414 g/mol. The molecule has 3 aromatic rings. The highest BCUT2D eigenvalue weighted by atomic mass is 32.1. The lowest BCUT2D eigenvalue weighted by atomic mass is 9.96. The second-order valence-electron chi connectivity index (χ2n) is 6.35. The molecule has 4 heterocycles. The van der Waals surface area contributed by atoms with Gasteiger partial charge < -0.3 is 15.0 Å². The molecule has 0 atom stereocenters. The highest BCUT2D eigenvalue weighted by Gasteiger charge is 2.26. The quantitative estimate of drug-likeness (QED) is 0.611. The number of amides is 1. The second kappa shape index (κ2) is 8.31. The fourth-order valence-electron chi connectivity index (χ4n) is 3.07. The van der Waals surface area contributed by atoms with Crippen molar-refractivity contribution in [1.82, 2.24) is 29.7 Å². The molecule has 4 rings (SSSR count). The molecular weight excluding hydrogens is 396 g/mol. The molecule has 0 aromatic carbocycles. The predicted octanol–water partition coefficient (Wildman–Crippen LogP) is 1.16. The molecule has 1 aliphatic heterocycles. The first-order valence-corrected chi connectivity index (χ1v) is 9.72. The van der Waals surface area contributed by atoms with Crippen molar-refractivity contribution in [3.8, 4) is 5.82 Å². The van der Waals surface area contributed by atoms with E-state index < -0.39 is 5.97 Å². The second-order valence-corrected chi connectivity index (χ2v) is 7.38. The molecule has 0 spiro atoms. The first-order chi connectivity index (χ1) is 14.1. The van der Waals surface area contributed by atoms with E-state index in [1.54, 1.807) is 11.0 Å². The van der Waals surface area contributed by atoms with Crippen LogP contribution in [-0.4, -0.2) is 61.8 Å². The summed E-state index contributed by atoms with van der Waals surface area (Å²) in [7, 11) is 1.31. The van der Waals surface area contributed by atoms with Crippen molar-refractivity contribution in [2.45, 2.75) is 12.8 Å². The maximum Gasteiger partial charge on any atom is 0.349 e. The molecule has 29 heavy (non-hydrogen) atoms. The van der Waals surface area contributed by atoms with E-state index in [4.69, 9.17) is 0 Å². The summed E-state index contributed by atoms with van der Waals surface area (Å²) in [5.74, 6) is 0.728. The van der Waals surface area contributed by atoms with Crippen LogP contribution < -0.4 is 10.2 Å². The fourth-order valence-corrected chi connectivity index (χ4v) is 3.80. The maximum absolute atomic E-state index is 12.5. The van der Waals surface area contributed by atoms with Crippen LogP contribution in [0.25, 0.3) is 5.82 Å². The van der Waals surface area contributed by atoms with E-state index in [-0.39, 0.29) is 11.8 Å². The zero-order valence-electron chi connectivity index (χ0n) is 15.6. The van der Waals surface area contributed by atoms with E-state index in [9.17, 15) is 9.59 Å². The fraction of sp³-hybridized carbons (Fsp3) is 0.353. The zero-order chi connectivity index (χ0) is 20.2. The van der Waals surface area contributed by atoms with Gasteiger partial charge in [-0.3, -0.25) is 4.79 Å². The lowest BCUT2D eigenvalue weighted by Crippen LogP contribution is -2.38. The Labute approximate surface area is 169 Å². The summed E-state index contributed by atoms with van der Waals surface area (Å²) in [6, 6.07) is 1.85. The molecular formula is C17H18N8O3S. The topological polar surface area (TPSA) is 128 Å². The van der Waals surface area contributed by atoms with Crippen LogP contribution in [-0.2, 0) is 9.53 Å². The average molecular weight is 414 g/mol. The van der Waals surface area contributed by atoms with Gasteiger partial charge in [0.2, 0.25) is 5.91 Å². The van der Waals surface area contributed by atoms with Crippen LogP contribution in [0.4, 0.5) is 10.9 Å². The number of hydrogen-bond donors (Lipinski definition) is 1. The normalized spacial score (nSPS) is 14.6. The highest BCUT2D eigenvalue weighted by molar-refractivity contribution is 7.17. The number of hydrogen-bond acceptors (Lipinski definition) is 10. The Morgan fingerprint density at radius 2 is 1.97 bits per heavy atom. The van der Waals surface area contributed by atoms with E-state index in [0.29, 0.717) is 41.8 Å². The third kappa shape index (κ3) is 4.21. The Bertz CT molecular complexity index is 998. The number of nitrogens with one attached hydrogen (secondary N) is 1. The van der Waals surface area contributed by atoms with Crippen molar-refractivity contribution in [3.63, 3.8) is 0 Å². The van der Waals surface area contributed by atoms with Crippen LogP contribution in [0.15, 0.2) is 31.2 Å². The van der Waals surface area contributed by atoms with Crippen molar-refractivity contribution < 1.29 is 14.3 Å². The number of ether oxygens (including phenoxy) is 1. The molecule has 0 unspecified atom stereocenters. The molecule has 0 saturated carbocycles. The number of carbonyl (C=O) groups is 2. The first kappa shape index (κ1) is 18.9. The number of aromatic nitrogens is 6. The average Bonchev–Trinajstić information content (AvgIpc) is 3.46. The summed E-state index contributed by atoms with van der Waals surface area (Å²) in [4.78, 5) is 43.0. The van der Waals surface area contributed by atoms with Crippen LogP contribution in [0.3, 0.4) is 0 Å². The van der Waals surface area contributed by atoms with Gasteiger partial charge in [0, 0.05) is 25.1 Å². The first-order valence-electron chi connectivity index (χ1n) is 8.91. The van der Waals surface area contributed by atoms with Crippen molar-refractivity contribution in [1.29, 1.82) is 0 Å². The van der Waals surface area contributed by atoms with Gasteiger partial charge in [0.25, 0.3) is 0 Å². The molecule has 1 amide bonds. The van der Waals surface area contributed by atoms with E-state index in [0.717, 1.165) is 17.2 Å². The standard InChI is InChI=1S/C17H18N8O3S/c1-28-16(27)12-7-19-17(29-12)23-15(26)11-2-4-24(5-3-11)13-6-14(21-9-20-13)25-10-18-8-22-25/h6-11H,2-5H2,1H3,(H,19,23,26). The van der Waals surface area contributed by atoms with Crippen molar-refractivity contribution >= 4 is 34.2 Å². The molecule has 1 N–H and O–H groups in total. The Balaban J connectivity index is 1.34. The smallest absolute Gasteiger partial charge is 0.349 e. The molecule has 1 aliphatic rings. The van der Waals surface area contributed by atoms with Gasteiger partial charge in [-0.25, -0.2) is 29.4 Å². The zero-order valence-corrected chi connectivity index (χ0v) is 16.4. The maximum atomic E-state index is 12.5. The summed E-state index contributed by atoms with van der Waals surface area (Å²) in [6.45, 7) is 1.38. The highest BCUT2D eigenvalue weighted by Crippen LogP contribution is 2.25. The van der Waals surface area contributed by atoms with Gasteiger partial charge in [-0.05, 0) is 12.8 Å². The van der Waals surface area contributed by atoms with Crippen LogP contribution in [0.2, 0.25) is 0 Å². The molecule has 11 nitrogen and oxygen atoms in total. The SMILES string of the molecule is COC(=O)c1cnc(NC(=O)C2CCN(c3cc(-n4cncn4)ncn3)CC2)s1. The van der Waals surface area contributed by atoms with E-state index >= 15 is 0 Å². The van der Waals surface area contributed by atoms with Gasteiger partial charge in [0.15, 0.2) is 10.9 Å². The number of esters is 1. The summed E-state index contributed by atoms with van der Waals surface area (Å²) < 4.78 is 6.22. The predicted molar refractivity (Wildman–Crippen MR) is 104 cm³/mol. The van der Waals surface area contributed by atoms with Gasteiger partial charge in [-0.15, -0.1) is 0 Å². The number of thiazole rings is 1. The van der Waals surface area contributed by atoms with Gasteiger partial charge in [-0.1, -0.05) is 11.3 Å². The Kier molecular flexibility index (Phi) is 5.42. The van der Waals surface area contributed by atoms with E-state index in [2.05, 4.69) is 40.0 Å². The molecule has 1 saturated heterocycles. The van der Waals surface area contributed by atoms with E-state index in [1.807, 2.05) is 6.07 Å². The minimum Gasteiger partial charge on any atom is -0.465 e. The number of anilines is 2.